The smallest absolute Gasteiger partial charge is 0.414 e. The van der Waals surface area contributed by atoms with E-state index in [9.17, 15) is 4.79 Å². The fraction of sp³-hybridized carbons (Fsp3) is 0.200. The van der Waals surface area contributed by atoms with E-state index in [0.717, 1.165) is 5.69 Å². The second-order valence-corrected chi connectivity index (χ2v) is 5.06. The Morgan fingerprint density at radius 3 is 2.74 bits per heavy atom. The maximum absolute atomic E-state index is 11.7. The molecule has 3 rings (SSSR count). The van der Waals surface area contributed by atoms with Gasteiger partial charge < -0.3 is 10.1 Å². The molecule has 23 heavy (non-hydrogen) atoms. The van der Waals surface area contributed by atoms with Crippen LogP contribution in [-0.4, -0.2) is 31.8 Å². The van der Waals surface area contributed by atoms with Crippen LogP contribution in [0.3, 0.4) is 0 Å². The number of carbonyl (C=O) groups excluding carboxylic acids is 1. The van der Waals surface area contributed by atoms with Gasteiger partial charge in [0.15, 0.2) is 5.82 Å². The number of carbonyl (C=O) groups is 1. The largest absolute Gasteiger partial charge is 0.447 e. The number of aromatic nitrogens is 4. The average Bonchev–Trinajstić information content (AvgIpc) is 2.92. The predicted octanol–water partition coefficient (Wildman–Crippen LogP) is 2.82. The number of hydrogen-bond donors (Lipinski definition) is 2. The van der Waals surface area contributed by atoms with Gasteiger partial charge >= 0.3 is 6.09 Å². The lowest BCUT2D eigenvalue weighted by molar-refractivity contribution is 0.129. The molecule has 0 bridgehead atoms. The van der Waals surface area contributed by atoms with Crippen LogP contribution in [0.25, 0.3) is 5.65 Å². The van der Waals surface area contributed by atoms with E-state index >= 15 is 0 Å². The predicted molar refractivity (Wildman–Crippen MR) is 85.7 cm³/mol. The van der Waals surface area contributed by atoms with Crippen LogP contribution in [0.1, 0.15) is 13.8 Å². The fourth-order valence-electron chi connectivity index (χ4n) is 1.99. The normalized spacial score (nSPS) is 10.7. The Morgan fingerprint density at radius 1 is 1.22 bits per heavy atom. The van der Waals surface area contributed by atoms with Gasteiger partial charge in [-0.3, -0.25) is 9.72 Å². The molecular formula is C15H16N6O2. The number of anilines is 3. The lowest BCUT2D eigenvalue weighted by Crippen LogP contribution is -2.19. The molecule has 0 aliphatic rings. The van der Waals surface area contributed by atoms with E-state index in [1.54, 1.807) is 30.6 Å². The van der Waals surface area contributed by atoms with Gasteiger partial charge in [-0.25, -0.2) is 9.78 Å². The third-order valence-electron chi connectivity index (χ3n) is 2.92. The number of hydrogen-bond acceptors (Lipinski definition) is 6. The van der Waals surface area contributed by atoms with Crippen LogP contribution in [-0.2, 0) is 4.74 Å². The Balaban J connectivity index is 1.87. The van der Waals surface area contributed by atoms with Crippen LogP contribution in [0.4, 0.5) is 22.2 Å². The highest BCUT2D eigenvalue weighted by molar-refractivity contribution is 5.83. The zero-order valence-corrected chi connectivity index (χ0v) is 12.7. The first kappa shape index (κ1) is 14.8. The molecule has 0 saturated heterocycles. The second kappa shape index (κ2) is 6.30. The van der Waals surface area contributed by atoms with Crippen molar-refractivity contribution in [3.63, 3.8) is 0 Å². The molecule has 118 valence electrons. The summed E-state index contributed by atoms with van der Waals surface area (Å²) in [7, 11) is 0. The number of benzene rings is 1. The molecule has 0 aliphatic heterocycles. The first-order valence-corrected chi connectivity index (χ1v) is 7.13. The summed E-state index contributed by atoms with van der Waals surface area (Å²) in [6.45, 7) is 3.54. The quantitative estimate of drug-likeness (QED) is 0.769. The van der Waals surface area contributed by atoms with E-state index in [0.29, 0.717) is 11.5 Å². The number of nitrogens with one attached hydrogen (secondary N) is 2. The van der Waals surface area contributed by atoms with E-state index in [2.05, 4.69) is 25.8 Å². The maximum Gasteiger partial charge on any atom is 0.414 e. The van der Waals surface area contributed by atoms with E-state index in [4.69, 9.17) is 4.74 Å². The number of nitrogens with zero attached hydrogens (tertiary/aromatic N) is 4. The number of rotatable bonds is 4. The molecule has 8 heteroatoms. The highest BCUT2D eigenvalue weighted by Gasteiger charge is 2.14. The van der Waals surface area contributed by atoms with Crippen LogP contribution in [0.5, 0.6) is 0 Å². The maximum atomic E-state index is 11.7. The molecule has 2 aromatic heterocycles. The van der Waals surface area contributed by atoms with Crippen molar-refractivity contribution in [1.82, 2.24) is 19.6 Å². The Labute approximate surface area is 132 Å². The zero-order valence-electron chi connectivity index (χ0n) is 12.7. The molecule has 8 nitrogen and oxygen atoms in total. The molecule has 2 heterocycles. The lowest BCUT2D eigenvalue weighted by Gasteiger charge is -2.09. The number of amides is 1. The summed E-state index contributed by atoms with van der Waals surface area (Å²) in [5.74, 6) is 0.806. The Kier molecular flexibility index (Phi) is 4.05. The molecular weight excluding hydrogens is 296 g/mol. The van der Waals surface area contributed by atoms with Crippen LogP contribution in [0.2, 0.25) is 0 Å². The van der Waals surface area contributed by atoms with Gasteiger partial charge in [0.05, 0.1) is 6.10 Å². The first-order valence-electron chi connectivity index (χ1n) is 7.13. The fourth-order valence-corrected chi connectivity index (χ4v) is 1.99. The number of para-hydroxylation sites is 1. The third kappa shape index (κ3) is 3.37. The summed E-state index contributed by atoms with van der Waals surface area (Å²) in [4.78, 5) is 16.0. The minimum Gasteiger partial charge on any atom is -0.447 e. The van der Waals surface area contributed by atoms with E-state index in [1.807, 2.05) is 30.3 Å². The molecule has 0 fully saturated rings. The molecule has 2 N–H and O–H groups in total. The second-order valence-electron chi connectivity index (χ2n) is 5.06. The van der Waals surface area contributed by atoms with Crippen molar-refractivity contribution in [2.45, 2.75) is 20.0 Å². The van der Waals surface area contributed by atoms with Gasteiger partial charge in [-0.15, -0.1) is 10.2 Å². The average molecular weight is 312 g/mol. The van der Waals surface area contributed by atoms with E-state index in [-0.39, 0.29) is 12.1 Å². The Bertz CT molecular complexity index is 815. The molecule has 1 aromatic carbocycles. The molecule has 0 atom stereocenters. The Hall–Kier alpha value is -3.16. The van der Waals surface area contributed by atoms with Gasteiger partial charge in [0.25, 0.3) is 0 Å². The molecule has 3 aromatic rings. The molecule has 0 aliphatic carbocycles. The van der Waals surface area contributed by atoms with Crippen LogP contribution in [0, 0.1) is 0 Å². The molecule has 0 radical (unpaired) electrons. The standard InChI is InChI=1S/C15H16N6O2/c1-10(2)23-15(22)18-14-20-19-13-12(16-8-9-21(13)14)17-11-6-4-3-5-7-11/h3-10H,1-2H3,(H,16,17)(H,18,20,22). The lowest BCUT2D eigenvalue weighted by atomic mass is 10.3. The molecule has 1 amide bonds. The minimum atomic E-state index is -0.580. The molecule has 0 unspecified atom stereocenters. The number of ether oxygens (including phenoxy) is 1. The molecule has 0 saturated carbocycles. The SMILES string of the molecule is CC(C)OC(=O)Nc1nnc2c(Nc3ccccc3)nccn12. The summed E-state index contributed by atoms with van der Waals surface area (Å²) >= 11 is 0. The van der Waals surface area contributed by atoms with E-state index < -0.39 is 6.09 Å². The van der Waals surface area contributed by atoms with Gasteiger partial charge in [0, 0.05) is 18.1 Å². The van der Waals surface area contributed by atoms with Gasteiger partial charge in [0.1, 0.15) is 0 Å². The van der Waals surface area contributed by atoms with Crippen molar-refractivity contribution in [2.75, 3.05) is 10.6 Å². The van der Waals surface area contributed by atoms with Crippen molar-refractivity contribution in [3.05, 3.63) is 42.7 Å². The number of fused-ring (bicyclic) bond motifs is 1. The highest BCUT2D eigenvalue weighted by atomic mass is 16.6. The van der Waals surface area contributed by atoms with Crippen molar-refractivity contribution in [2.24, 2.45) is 0 Å². The van der Waals surface area contributed by atoms with Crippen molar-refractivity contribution in [1.29, 1.82) is 0 Å². The van der Waals surface area contributed by atoms with Gasteiger partial charge in [0.2, 0.25) is 11.6 Å². The van der Waals surface area contributed by atoms with E-state index in [1.165, 1.54) is 0 Å². The van der Waals surface area contributed by atoms with Crippen molar-refractivity contribution >= 4 is 29.2 Å². The summed E-state index contributed by atoms with van der Waals surface area (Å²) in [6, 6.07) is 9.60. The highest BCUT2D eigenvalue weighted by Crippen LogP contribution is 2.19. The van der Waals surface area contributed by atoms with Gasteiger partial charge in [-0.2, -0.15) is 0 Å². The summed E-state index contributed by atoms with van der Waals surface area (Å²) in [5.41, 5.74) is 1.38. The van der Waals surface area contributed by atoms with Crippen molar-refractivity contribution < 1.29 is 9.53 Å². The monoisotopic (exact) mass is 312 g/mol. The van der Waals surface area contributed by atoms with Crippen LogP contribution >= 0.6 is 0 Å². The third-order valence-corrected chi connectivity index (χ3v) is 2.92. The summed E-state index contributed by atoms with van der Waals surface area (Å²) < 4.78 is 6.66. The van der Waals surface area contributed by atoms with Gasteiger partial charge in [-0.1, -0.05) is 18.2 Å². The topological polar surface area (TPSA) is 93.4 Å². The van der Waals surface area contributed by atoms with Crippen LogP contribution < -0.4 is 10.6 Å². The zero-order chi connectivity index (χ0) is 16.2. The summed E-state index contributed by atoms with van der Waals surface area (Å²) in [5, 5.41) is 13.8. The minimum absolute atomic E-state index is 0.217. The molecule has 0 spiro atoms. The van der Waals surface area contributed by atoms with Crippen molar-refractivity contribution in [3.8, 4) is 0 Å². The van der Waals surface area contributed by atoms with Crippen LogP contribution in [0.15, 0.2) is 42.7 Å². The summed E-state index contributed by atoms with van der Waals surface area (Å²) in [6.07, 6.45) is 2.46. The van der Waals surface area contributed by atoms with Gasteiger partial charge in [-0.05, 0) is 26.0 Å². The first-order chi connectivity index (χ1) is 11.1. The Morgan fingerprint density at radius 2 is 2.00 bits per heavy atom.